The smallest absolute Gasteiger partial charge is 0.329 e. The van der Waals surface area contributed by atoms with Crippen molar-refractivity contribution in [3.05, 3.63) is 72.1 Å². The molecule has 0 radical (unpaired) electrons. The summed E-state index contributed by atoms with van der Waals surface area (Å²) in [6.45, 7) is 3.63. The highest BCUT2D eigenvalue weighted by molar-refractivity contribution is 8.00. The van der Waals surface area contributed by atoms with E-state index >= 15 is 0 Å². The van der Waals surface area contributed by atoms with Crippen LogP contribution in [0, 0.1) is 29.6 Å². The molecule has 1 aromatic heterocycles. The molecule has 13 heteroatoms. The zero-order chi connectivity index (χ0) is 31.7. The van der Waals surface area contributed by atoms with Crippen molar-refractivity contribution < 1.29 is 28.6 Å². The number of rotatable bonds is 8. The van der Waals surface area contributed by atoms with Crippen LogP contribution in [0.5, 0.6) is 11.5 Å². The summed E-state index contributed by atoms with van der Waals surface area (Å²) in [7, 11) is 1.57. The molecule has 3 heterocycles. The van der Waals surface area contributed by atoms with E-state index in [1.54, 1.807) is 44.9 Å². The van der Waals surface area contributed by atoms with Gasteiger partial charge in [-0.3, -0.25) is 19.3 Å². The molecule has 1 saturated heterocycles. The summed E-state index contributed by atoms with van der Waals surface area (Å²) in [5, 5.41) is 1.87. The third kappa shape index (κ3) is 4.89. The molecular weight excluding hydrogens is 659 g/mol. The van der Waals surface area contributed by atoms with Crippen molar-refractivity contribution in [2.24, 2.45) is 29.6 Å². The summed E-state index contributed by atoms with van der Waals surface area (Å²) in [5.74, 6) is -1.43. The maximum absolute atomic E-state index is 13.9. The average molecular weight is 690 g/mol. The van der Waals surface area contributed by atoms with Crippen molar-refractivity contribution in [2.75, 3.05) is 13.7 Å². The van der Waals surface area contributed by atoms with Crippen LogP contribution in [-0.4, -0.2) is 52.7 Å². The zero-order valence-corrected chi connectivity index (χ0v) is 27.7. The fraction of sp³-hybridized carbons (Fsp3) is 0.438. The Morgan fingerprint density at radius 3 is 2.53 bits per heavy atom. The van der Waals surface area contributed by atoms with E-state index < -0.39 is 23.8 Å². The Labute approximate surface area is 277 Å². The summed E-state index contributed by atoms with van der Waals surface area (Å²) in [5.41, 5.74) is 1.72. The largest absolute Gasteiger partial charge is 0.493 e. The molecule has 3 aromatic rings. The molecule has 3 fully saturated rings. The summed E-state index contributed by atoms with van der Waals surface area (Å²) in [6.07, 6.45) is 0.743. The van der Waals surface area contributed by atoms with Gasteiger partial charge in [-0.25, -0.2) is 4.79 Å². The lowest BCUT2D eigenvalue weighted by Crippen LogP contribution is -2.45. The van der Waals surface area contributed by atoms with E-state index in [1.165, 1.54) is 11.3 Å². The first-order valence-corrected chi connectivity index (χ1v) is 17.3. The van der Waals surface area contributed by atoms with Gasteiger partial charge in [-0.15, -0.1) is 11.8 Å². The Bertz CT molecular complexity index is 1780. The monoisotopic (exact) mass is 688 g/mol. The summed E-state index contributed by atoms with van der Waals surface area (Å²) >= 11 is 15.2. The number of thioether (sulfide) groups is 1. The number of halogens is 2. The highest BCUT2D eigenvalue weighted by Gasteiger charge is 2.70. The fourth-order valence-electron chi connectivity index (χ4n) is 7.95. The van der Waals surface area contributed by atoms with Gasteiger partial charge in [0, 0.05) is 31.7 Å². The molecule has 2 bridgehead atoms. The van der Waals surface area contributed by atoms with Crippen LogP contribution < -0.4 is 14.3 Å². The van der Waals surface area contributed by atoms with Gasteiger partial charge in [0.15, 0.2) is 11.5 Å². The number of amides is 2. The fourth-order valence-corrected chi connectivity index (χ4v) is 11.3. The predicted molar refractivity (Wildman–Crippen MR) is 170 cm³/mol. The first kappa shape index (κ1) is 30.7. The number of carbonyl (C=O) groups is 3. The van der Waals surface area contributed by atoms with Crippen molar-refractivity contribution >= 4 is 64.1 Å². The summed E-state index contributed by atoms with van der Waals surface area (Å²) in [6, 6.07) is 10.0. The molecule has 8 unspecified atom stereocenters. The van der Waals surface area contributed by atoms with Crippen LogP contribution in [0.3, 0.4) is 0 Å². The summed E-state index contributed by atoms with van der Waals surface area (Å²) in [4.78, 5) is 57.7. The number of fused-ring (bicyclic) bond motifs is 9. The van der Waals surface area contributed by atoms with Gasteiger partial charge in [0.2, 0.25) is 11.8 Å². The number of H-pyrrole nitrogens is 1. The molecule has 2 aromatic carbocycles. The predicted octanol–water partition coefficient (Wildman–Crippen LogP) is 5.76. The minimum absolute atomic E-state index is 0.000789. The number of carbonyl (C=O) groups excluding carboxylic acids is 3. The van der Waals surface area contributed by atoms with E-state index in [9.17, 15) is 19.2 Å². The Hall–Kier alpha value is -2.99. The first-order chi connectivity index (χ1) is 21.6. The molecule has 2 aliphatic carbocycles. The normalized spacial score (nSPS) is 28.5. The van der Waals surface area contributed by atoms with Crippen molar-refractivity contribution in [3.63, 3.8) is 0 Å². The maximum atomic E-state index is 13.9. The Morgan fingerprint density at radius 2 is 1.82 bits per heavy atom. The Morgan fingerprint density at radius 1 is 1.07 bits per heavy atom. The SMILES string of the molecule is CCOC(=O)C(C)N1C(=O)C2C3CC(C2C1=O)C1C(c2ccc(OCc4ccc(Cl)cc4Cl)c(OC)c2)c2sc(=O)[nH]c2SC31. The van der Waals surface area contributed by atoms with Crippen LogP contribution in [0.2, 0.25) is 10.0 Å². The molecular formula is C32H30Cl2N2O7S2. The van der Waals surface area contributed by atoms with E-state index in [-0.39, 0.29) is 58.8 Å². The molecule has 236 valence electrons. The second-order valence-electron chi connectivity index (χ2n) is 11.9. The maximum Gasteiger partial charge on any atom is 0.329 e. The van der Waals surface area contributed by atoms with Gasteiger partial charge in [0.05, 0.1) is 30.6 Å². The minimum Gasteiger partial charge on any atom is -0.493 e. The number of aromatic amines is 1. The van der Waals surface area contributed by atoms with Gasteiger partial charge in [-0.05, 0) is 67.9 Å². The van der Waals surface area contributed by atoms with Crippen molar-refractivity contribution in [3.8, 4) is 11.5 Å². The number of hydrogen-bond acceptors (Lipinski definition) is 9. The van der Waals surface area contributed by atoms with Crippen LogP contribution in [-0.2, 0) is 25.7 Å². The van der Waals surface area contributed by atoms with E-state index in [1.807, 2.05) is 24.3 Å². The van der Waals surface area contributed by atoms with Crippen LogP contribution in [0.15, 0.2) is 46.2 Å². The van der Waals surface area contributed by atoms with Gasteiger partial charge in [0.1, 0.15) is 12.6 Å². The number of ether oxygens (including phenoxy) is 3. The zero-order valence-electron chi connectivity index (χ0n) is 24.6. The number of benzene rings is 2. The van der Waals surface area contributed by atoms with Crippen molar-refractivity contribution in [1.82, 2.24) is 9.88 Å². The van der Waals surface area contributed by atoms with Gasteiger partial charge in [-0.2, -0.15) is 0 Å². The number of thiazole rings is 1. The average Bonchev–Trinajstić information content (AvgIpc) is 3.75. The minimum atomic E-state index is -0.974. The molecule has 4 aliphatic rings. The number of esters is 1. The van der Waals surface area contributed by atoms with Crippen LogP contribution in [0.1, 0.15) is 42.2 Å². The van der Waals surface area contributed by atoms with Gasteiger partial charge < -0.3 is 19.2 Å². The highest BCUT2D eigenvalue weighted by atomic mass is 35.5. The number of likely N-dealkylation sites (tertiary alicyclic amines) is 1. The molecule has 8 atom stereocenters. The lowest BCUT2D eigenvalue weighted by atomic mass is 9.68. The van der Waals surface area contributed by atoms with Gasteiger partial charge >= 0.3 is 10.8 Å². The quantitative estimate of drug-likeness (QED) is 0.235. The Balaban J connectivity index is 1.22. The lowest BCUT2D eigenvalue weighted by Gasteiger charge is -2.43. The van der Waals surface area contributed by atoms with E-state index in [2.05, 4.69) is 4.98 Å². The molecule has 9 nitrogen and oxygen atoms in total. The number of aromatic nitrogens is 1. The standard InChI is InChI=1S/C32H30Cl2N2O7S2/c1-4-42-31(39)13(2)36-29(37)24-17-11-18(25(24)30(36)38)26-23(17)22(27-28(44-26)35-32(40)45-27)14-6-8-20(21(9-14)41-3)43-12-15-5-7-16(33)10-19(15)34/h5-10,13,17-18,22-26H,4,11-12H2,1-3H3,(H,35,40). The van der Waals surface area contributed by atoms with Gasteiger partial charge in [0.25, 0.3) is 0 Å². The number of nitrogens with zero attached hydrogens (tertiary/aromatic N) is 1. The van der Waals surface area contributed by atoms with E-state index in [0.717, 1.165) is 32.4 Å². The molecule has 1 N–H and O–H groups in total. The number of imide groups is 1. The number of methoxy groups -OCH3 is 1. The summed E-state index contributed by atoms with van der Waals surface area (Å²) < 4.78 is 17.0. The third-order valence-electron chi connectivity index (χ3n) is 9.72. The Kier molecular flexibility index (Phi) is 7.95. The first-order valence-electron chi connectivity index (χ1n) is 14.8. The topological polar surface area (TPSA) is 115 Å². The second-order valence-corrected chi connectivity index (χ2v) is 14.9. The van der Waals surface area contributed by atoms with Crippen molar-refractivity contribution in [1.29, 1.82) is 0 Å². The third-order valence-corrected chi connectivity index (χ3v) is 12.9. The second kappa shape index (κ2) is 11.7. The molecule has 45 heavy (non-hydrogen) atoms. The van der Waals surface area contributed by atoms with E-state index in [4.69, 9.17) is 37.4 Å². The van der Waals surface area contributed by atoms with Crippen LogP contribution >= 0.6 is 46.3 Å². The molecule has 7 rings (SSSR count). The molecule has 2 aliphatic heterocycles. The number of nitrogens with one attached hydrogen (secondary N) is 1. The van der Waals surface area contributed by atoms with Crippen LogP contribution in [0.4, 0.5) is 0 Å². The highest BCUT2D eigenvalue weighted by Crippen LogP contribution is 2.68. The van der Waals surface area contributed by atoms with Crippen LogP contribution in [0.25, 0.3) is 0 Å². The van der Waals surface area contributed by atoms with E-state index in [0.29, 0.717) is 21.5 Å². The molecule has 0 spiro atoms. The molecule has 2 saturated carbocycles. The number of hydrogen-bond donors (Lipinski definition) is 1. The molecule has 2 amide bonds. The lowest BCUT2D eigenvalue weighted by molar-refractivity contribution is -0.158. The van der Waals surface area contributed by atoms with Gasteiger partial charge in [-0.1, -0.05) is 46.7 Å². The van der Waals surface area contributed by atoms with Crippen molar-refractivity contribution in [2.45, 2.75) is 49.1 Å².